The molecule has 1 aromatic carbocycles. The zero-order valence-electron chi connectivity index (χ0n) is 15.8. The number of morpholine rings is 1. The Kier molecular flexibility index (Phi) is 4.19. The van der Waals surface area contributed by atoms with Gasteiger partial charge in [0.15, 0.2) is 0 Å². The highest BCUT2D eigenvalue weighted by atomic mass is 16.5. The smallest absolute Gasteiger partial charge is 0.337 e. The number of hydrogen-bond donors (Lipinski definition) is 1. The number of hydrogen-bond acceptors (Lipinski definition) is 5. The Morgan fingerprint density at radius 2 is 2.08 bits per heavy atom. The molecule has 0 aliphatic carbocycles. The minimum absolute atomic E-state index is 0.109. The molecule has 0 radical (unpaired) electrons. The van der Waals surface area contributed by atoms with E-state index in [0.717, 1.165) is 24.4 Å². The third-order valence-corrected chi connectivity index (χ3v) is 4.42. The monoisotopic (exact) mass is 331 g/mol. The van der Waals surface area contributed by atoms with Gasteiger partial charge in [-0.25, -0.2) is 4.79 Å². The van der Waals surface area contributed by atoms with E-state index in [1.165, 1.54) is 7.11 Å². The van der Waals surface area contributed by atoms with Crippen LogP contribution in [0.15, 0.2) is 36.2 Å². The van der Waals surface area contributed by atoms with Gasteiger partial charge in [0, 0.05) is 19.3 Å². The highest BCUT2D eigenvalue weighted by molar-refractivity contribution is 5.89. The van der Waals surface area contributed by atoms with Crippen molar-refractivity contribution in [3.05, 3.63) is 47.3 Å². The fourth-order valence-electron chi connectivity index (χ4n) is 3.17. The SMILES string of the molecule is [2H]C1(C(C)(C)C)OCCN2CC(c3ccc(C(=O)OC)cc3)NC=C21. The van der Waals surface area contributed by atoms with E-state index in [2.05, 4.69) is 10.2 Å². The molecule has 0 aromatic heterocycles. The van der Waals surface area contributed by atoms with E-state index < -0.39 is 6.08 Å². The van der Waals surface area contributed by atoms with Crippen molar-refractivity contribution in [1.29, 1.82) is 0 Å². The number of benzene rings is 1. The summed E-state index contributed by atoms with van der Waals surface area (Å²) in [4.78, 5) is 13.8. The van der Waals surface area contributed by atoms with Crippen LogP contribution in [0.25, 0.3) is 0 Å². The molecule has 24 heavy (non-hydrogen) atoms. The Balaban J connectivity index is 1.82. The minimum Gasteiger partial charge on any atom is -0.465 e. The van der Waals surface area contributed by atoms with Crippen LogP contribution < -0.4 is 5.32 Å². The summed E-state index contributed by atoms with van der Waals surface area (Å²) < 4.78 is 19.4. The second-order valence-corrected chi connectivity index (χ2v) is 7.24. The van der Waals surface area contributed by atoms with Gasteiger partial charge in [0.2, 0.25) is 0 Å². The Labute approximate surface area is 145 Å². The zero-order chi connectivity index (χ0) is 18.2. The van der Waals surface area contributed by atoms with Gasteiger partial charge in [-0.3, -0.25) is 0 Å². The number of methoxy groups -OCH3 is 1. The average molecular weight is 331 g/mol. The van der Waals surface area contributed by atoms with E-state index in [0.29, 0.717) is 12.2 Å². The lowest BCUT2D eigenvalue weighted by Crippen LogP contribution is -2.51. The van der Waals surface area contributed by atoms with Crippen LogP contribution in [0.5, 0.6) is 0 Å². The maximum absolute atomic E-state index is 11.6. The predicted molar refractivity (Wildman–Crippen MR) is 92.5 cm³/mol. The third-order valence-electron chi connectivity index (χ3n) is 4.42. The molecule has 3 rings (SSSR count). The van der Waals surface area contributed by atoms with E-state index in [4.69, 9.17) is 10.8 Å². The molecule has 2 unspecified atom stereocenters. The largest absolute Gasteiger partial charge is 0.465 e. The molecule has 0 saturated carbocycles. The fourth-order valence-corrected chi connectivity index (χ4v) is 3.17. The molecule has 1 fully saturated rings. The van der Waals surface area contributed by atoms with E-state index >= 15 is 0 Å². The van der Waals surface area contributed by atoms with Gasteiger partial charge in [-0.05, 0) is 23.1 Å². The quantitative estimate of drug-likeness (QED) is 0.845. The van der Waals surface area contributed by atoms with E-state index in [1.54, 1.807) is 12.1 Å². The second kappa shape index (κ2) is 6.48. The molecule has 1 aromatic rings. The van der Waals surface area contributed by atoms with Gasteiger partial charge < -0.3 is 19.7 Å². The van der Waals surface area contributed by atoms with Crippen LogP contribution in [0.3, 0.4) is 0 Å². The fraction of sp³-hybridized carbons (Fsp3) is 0.526. The van der Waals surface area contributed by atoms with Gasteiger partial charge >= 0.3 is 5.97 Å². The molecule has 5 nitrogen and oxygen atoms in total. The highest BCUT2D eigenvalue weighted by Gasteiger charge is 2.37. The number of carbonyl (C=O) groups is 1. The van der Waals surface area contributed by atoms with Gasteiger partial charge in [0.1, 0.15) is 6.08 Å². The van der Waals surface area contributed by atoms with Crippen molar-refractivity contribution in [1.82, 2.24) is 10.2 Å². The van der Waals surface area contributed by atoms with Crippen LogP contribution in [0.1, 0.15) is 44.1 Å². The molecule has 130 valence electrons. The Hall–Kier alpha value is -2.01. The van der Waals surface area contributed by atoms with Crippen molar-refractivity contribution < 1.29 is 15.6 Å². The molecule has 1 saturated heterocycles. The molecule has 1 N–H and O–H groups in total. The molecule has 2 aliphatic rings. The molecule has 0 amide bonds. The average Bonchev–Trinajstić information content (AvgIpc) is 2.60. The first-order valence-corrected chi connectivity index (χ1v) is 8.30. The van der Waals surface area contributed by atoms with Crippen LogP contribution in [-0.4, -0.2) is 43.8 Å². The number of nitrogens with one attached hydrogen (secondary N) is 1. The van der Waals surface area contributed by atoms with Crippen molar-refractivity contribution in [3.8, 4) is 0 Å². The maximum Gasteiger partial charge on any atom is 0.337 e. The van der Waals surface area contributed by atoms with Crippen molar-refractivity contribution in [2.75, 3.05) is 26.8 Å². The second-order valence-electron chi connectivity index (χ2n) is 7.24. The minimum atomic E-state index is -1.06. The lowest BCUT2D eigenvalue weighted by Gasteiger charge is -2.46. The topological polar surface area (TPSA) is 50.8 Å². The van der Waals surface area contributed by atoms with Crippen molar-refractivity contribution in [2.24, 2.45) is 5.41 Å². The highest BCUT2D eigenvalue weighted by Crippen LogP contribution is 2.35. The molecular weight excluding hydrogens is 304 g/mol. The first-order valence-electron chi connectivity index (χ1n) is 8.80. The molecule has 2 heterocycles. The van der Waals surface area contributed by atoms with Gasteiger partial charge in [-0.2, -0.15) is 0 Å². The van der Waals surface area contributed by atoms with Crippen molar-refractivity contribution in [2.45, 2.75) is 32.9 Å². The molecular formula is C19H26N2O3. The number of ether oxygens (including phenoxy) is 2. The summed E-state index contributed by atoms with van der Waals surface area (Å²) in [5.74, 6) is -0.331. The van der Waals surface area contributed by atoms with Crippen LogP contribution in [0.2, 0.25) is 0 Å². The molecule has 2 aliphatic heterocycles. The molecule has 0 spiro atoms. The summed E-state index contributed by atoms with van der Waals surface area (Å²) in [7, 11) is 1.38. The molecule has 0 bridgehead atoms. The van der Waals surface area contributed by atoms with E-state index in [-0.39, 0.29) is 17.4 Å². The number of carbonyl (C=O) groups excluding carboxylic acids is 1. The number of nitrogens with zero attached hydrogens (tertiary/aromatic N) is 1. The summed E-state index contributed by atoms with van der Waals surface area (Å²) in [6.07, 6.45) is 0.859. The standard InChI is InChI=1S/C19H26N2O3/c1-19(2,3)17-16-11-20-15(12-21(16)9-10-24-17)13-5-7-14(8-6-13)18(22)23-4/h5-8,11,15,17,20H,9-10,12H2,1-4H3/i17D. The summed E-state index contributed by atoms with van der Waals surface area (Å²) in [5.41, 5.74) is 2.20. The zero-order valence-corrected chi connectivity index (χ0v) is 14.8. The number of fused-ring (bicyclic) bond motifs is 1. The number of rotatable bonds is 2. The summed E-state index contributed by atoms with van der Waals surface area (Å²) in [5, 5.41) is 3.40. The third kappa shape index (κ3) is 3.26. The van der Waals surface area contributed by atoms with Crippen molar-refractivity contribution >= 4 is 5.97 Å². The Morgan fingerprint density at radius 3 is 2.71 bits per heavy atom. The van der Waals surface area contributed by atoms with Crippen LogP contribution in [0.4, 0.5) is 0 Å². The predicted octanol–water partition coefficient (Wildman–Crippen LogP) is 2.71. The Bertz CT molecular complexity index is 681. The summed E-state index contributed by atoms with van der Waals surface area (Å²) in [6, 6.07) is 7.57. The van der Waals surface area contributed by atoms with Crippen LogP contribution in [0, 0.1) is 5.41 Å². The van der Waals surface area contributed by atoms with Gasteiger partial charge in [0.05, 0.1) is 32.4 Å². The van der Waals surface area contributed by atoms with E-state index in [9.17, 15) is 4.79 Å². The van der Waals surface area contributed by atoms with Crippen LogP contribution in [-0.2, 0) is 9.47 Å². The molecule has 5 heteroatoms. The summed E-state index contributed by atoms with van der Waals surface area (Å²) >= 11 is 0. The first kappa shape index (κ1) is 15.5. The Morgan fingerprint density at radius 1 is 1.38 bits per heavy atom. The van der Waals surface area contributed by atoms with Crippen molar-refractivity contribution in [3.63, 3.8) is 0 Å². The van der Waals surface area contributed by atoms with Gasteiger partial charge in [0.25, 0.3) is 0 Å². The normalized spacial score (nSPS) is 27.5. The summed E-state index contributed by atoms with van der Waals surface area (Å²) in [6.45, 7) is 8.18. The maximum atomic E-state index is 11.6. The lowest BCUT2D eigenvalue weighted by molar-refractivity contribution is -0.0520. The molecule has 2 atom stereocenters. The van der Waals surface area contributed by atoms with Crippen LogP contribution >= 0.6 is 0 Å². The first-order chi connectivity index (χ1) is 11.8. The van der Waals surface area contributed by atoms with E-state index in [1.807, 2.05) is 39.1 Å². The number of esters is 1. The van der Waals surface area contributed by atoms with Gasteiger partial charge in [-0.1, -0.05) is 32.9 Å². The lowest BCUT2D eigenvalue weighted by atomic mass is 9.85. The van der Waals surface area contributed by atoms with Gasteiger partial charge in [-0.15, -0.1) is 0 Å².